The fourth-order valence-electron chi connectivity index (χ4n) is 2.98. The molecule has 0 aliphatic carbocycles. The molecule has 2 aromatic heterocycles. The molecule has 0 spiro atoms. The van der Waals surface area contributed by atoms with E-state index in [4.69, 9.17) is 23.2 Å². The monoisotopic (exact) mass is 487 g/mol. The first-order chi connectivity index (χ1) is 14.4. The number of halogens is 8. The van der Waals surface area contributed by atoms with Gasteiger partial charge >= 0.3 is 12.4 Å². The number of alkyl halides is 6. The van der Waals surface area contributed by atoms with Crippen LogP contribution in [0, 0.1) is 0 Å². The molecular formula is C17H13Cl2F6N5O. The number of pyridine rings is 2. The fraction of sp³-hybridized carbons (Fsp3) is 0.353. The quantitative estimate of drug-likeness (QED) is 0.472. The van der Waals surface area contributed by atoms with Crippen LogP contribution in [0.15, 0.2) is 24.5 Å². The van der Waals surface area contributed by atoms with E-state index in [1.54, 1.807) is 0 Å². The number of hydrazine groups is 1. The van der Waals surface area contributed by atoms with Gasteiger partial charge in [0.2, 0.25) is 0 Å². The maximum absolute atomic E-state index is 12.8. The molecule has 3 rings (SSSR count). The van der Waals surface area contributed by atoms with Crippen LogP contribution >= 0.6 is 23.2 Å². The number of carbonyl (C=O) groups is 1. The van der Waals surface area contributed by atoms with Gasteiger partial charge in [0.25, 0.3) is 5.91 Å². The molecule has 1 amide bonds. The average molecular weight is 488 g/mol. The number of rotatable bonds is 4. The largest absolute Gasteiger partial charge is 0.417 e. The van der Waals surface area contributed by atoms with E-state index in [1.807, 2.05) is 0 Å². The molecule has 168 valence electrons. The molecule has 14 heteroatoms. The van der Waals surface area contributed by atoms with Gasteiger partial charge in [-0.3, -0.25) is 15.6 Å². The highest BCUT2D eigenvalue weighted by Gasteiger charge is 2.36. The van der Waals surface area contributed by atoms with Crippen LogP contribution < -0.4 is 15.8 Å². The van der Waals surface area contributed by atoms with Gasteiger partial charge in [-0.1, -0.05) is 23.2 Å². The topological polar surface area (TPSA) is 70.2 Å². The van der Waals surface area contributed by atoms with E-state index < -0.39 is 35.4 Å². The van der Waals surface area contributed by atoms with Crippen molar-refractivity contribution in [2.45, 2.75) is 31.2 Å². The Morgan fingerprint density at radius 2 is 1.58 bits per heavy atom. The zero-order chi connectivity index (χ0) is 23.0. The van der Waals surface area contributed by atoms with Gasteiger partial charge in [-0.05, 0) is 25.0 Å². The van der Waals surface area contributed by atoms with Crippen molar-refractivity contribution in [1.82, 2.24) is 15.4 Å². The lowest BCUT2D eigenvalue weighted by Gasteiger charge is -2.26. The first-order valence-electron chi connectivity index (χ1n) is 8.66. The summed E-state index contributed by atoms with van der Waals surface area (Å²) in [5.41, 5.74) is 2.55. The molecule has 0 radical (unpaired) electrons. The summed E-state index contributed by atoms with van der Waals surface area (Å²) in [5.74, 6) is -0.815. The lowest BCUT2D eigenvalue weighted by molar-refractivity contribution is -0.138. The molecule has 0 aromatic carbocycles. The second kappa shape index (κ2) is 8.58. The zero-order valence-corrected chi connectivity index (χ0v) is 16.8. The number of amides is 1. The normalized spacial score (nSPS) is 17.0. The first kappa shape index (κ1) is 23.2. The van der Waals surface area contributed by atoms with Crippen molar-refractivity contribution in [2.24, 2.45) is 0 Å². The summed E-state index contributed by atoms with van der Waals surface area (Å²) in [4.78, 5) is 21.3. The lowest BCUT2D eigenvalue weighted by atomic mass is 10.2. The van der Waals surface area contributed by atoms with Crippen molar-refractivity contribution in [2.75, 3.05) is 16.9 Å². The number of hydrogen-bond acceptors (Lipinski definition) is 5. The summed E-state index contributed by atoms with van der Waals surface area (Å²) >= 11 is 11.7. The summed E-state index contributed by atoms with van der Waals surface area (Å²) in [6, 6.07) is 0.542. The number of anilines is 2. The third kappa shape index (κ3) is 5.24. The Kier molecular flexibility index (Phi) is 6.42. The Morgan fingerprint density at radius 3 is 2.13 bits per heavy atom. The van der Waals surface area contributed by atoms with Crippen molar-refractivity contribution in [3.05, 3.63) is 45.7 Å². The SMILES string of the molecule is O=C(NNc1ncc(C(F)(F)F)cc1Cl)C1CCCN1c1ncc(C(F)(F)F)cc1Cl. The zero-order valence-electron chi connectivity index (χ0n) is 15.3. The van der Waals surface area contributed by atoms with E-state index in [0.29, 0.717) is 37.8 Å². The predicted molar refractivity (Wildman–Crippen MR) is 101 cm³/mol. The average Bonchev–Trinajstić information content (AvgIpc) is 3.14. The Balaban J connectivity index is 1.71. The van der Waals surface area contributed by atoms with E-state index in [-0.39, 0.29) is 21.7 Å². The van der Waals surface area contributed by atoms with Gasteiger partial charge in [0.05, 0.1) is 21.2 Å². The van der Waals surface area contributed by atoms with E-state index in [1.165, 1.54) is 4.90 Å². The van der Waals surface area contributed by atoms with E-state index in [0.717, 1.165) is 6.07 Å². The summed E-state index contributed by atoms with van der Waals surface area (Å²) < 4.78 is 76.4. The molecule has 2 N–H and O–H groups in total. The van der Waals surface area contributed by atoms with Crippen LogP contribution in [0.25, 0.3) is 0 Å². The smallest absolute Gasteiger partial charge is 0.343 e. The highest BCUT2D eigenvalue weighted by molar-refractivity contribution is 6.33. The third-order valence-corrected chi connectivity index (χ3v) is 5.02. The van der Waals surface area contributed by atoms with Gasteiger partial charge < -0.3 is 4.90 Å². The number of hydrogen-bond donors (Lipinski definition) is 2. The maximum Gasteiger partial charge on any atom is 0.417 e. The van der Waals surface area contributed by atoms with Gasteiger partial charge in [-0.2, -0.15) is 26.3 Å². The molecule has 31 heavy (non-hydrogen) atoms. The molecule has 1 unspecified atom stereocenters. The van der Waals surface area contributed by atoms with Crippen molar-refractivity contribution in [3.63, 3.8) is 0 Å². The molecule has 1 aliphatic rings. The van der Waals surface area contributed by atoms with Crippen LogP contribution in [-0.4, -0.2) is 28.5 Å². The van der Waals surface area contributed by atoms with E-state index in [9.17, 15) is 31.1 Å². The molecule has 1 fully saturated rings. The van der Waals surface area contributed by atoms with Crippen LogP contribution in [0.5, 0.6) is 0 Å². The summed E-state index contributed by atoms with van der Waals surface area (Å²) in [5, 5.41) is -0.638. The molecule has 1 aliphatic heterocycles. The second-order valence-corrected chi connectivity index (χ2v) is 7.36. The Morgan fingerprint density at radius 1 is 1.00 bits per heavy atom. The first-order valence-corrected chi connectivity index (χ1v) is 9.41. The number of aromatic nitrogens is 2. The predicted octanol–water partition coefficient (Wildman–Crippen LogP) is 4.93. The van der Waals surface area contributed by atoms with Crippen LogP contribution in [-0.2, 0) is 17.1 Å². The van der Waals surface area contributed by atoms with Crippen LogP contribution in [0.1, 0.15) is 24.0 Å². The molecule has 0 bridgehead atoms. The van der Waals surface area contributed by atoms with Gasteiger partial charge in [0.1, 0.15) is 11.9 Å². The Hall–Kier alpha value is -2.47. The van der Waals surface area contributed by atoms with E-state index >= 15 is 0 Å². The van der Waals surface area contributed by atoms with Gasteiger partial charge in [-0.25, -0.2) is 9.97 Å². The Bertz CT molecular complexity index is 984. The molecule has 2 aromatic rings. The van der Waals surface area contributed by atoms with Crippen LogP contribution in [0.3, 0.4) is 0 Å². The highest BCUT2D eigenvalue weighted by atomic mass is 35.5. The molecular weight excluding hydrogens is 475 g/mol. The minimum absolute atomic E-state index is 0.0120. The van der Waals surface area contributed by atoms with E-state index in [2.05, 4.69) is 20.8 Å². The standard InChI is InChI=1S/C17H13Cl2F6N5O/c18-10-4-8(16(20,21)22)6-26-13(10)28-29-15(31)12-2-1-3-30(12)14-11(19)5-9(7-27-14)17(23,24)25/h4-7,12H,1-3H2,(H,26,28)(H,29,31). The van der Waals surface area contributed by atoms with Gasteiger partial charge in [0, 0.05) is 18.9 Å². The number of nitrogens with one attached hydrogen (secondary N) is 2. The van der Waals surface area contributed by atoms with Crippen molar-refractivity contribution >= 4 is 40.7 Å². The fourth-order valence-corrected chi connectivity index (χ4v) is 3.47. The van der Waals surface area contributed by atoms with Crippen molar-refractivity contribution in [3.8, 4) is 0 Å². The summed E-state index contributed by atoms with van der Waals surface area (Å²) in [7, 11) is 0. The third-order valence-electron chi connectivity index (χ3n) is 4.45. The second-order valence-electron chi connectivity index (χ2n) is 6.55. The lowest BCUT2D eigenvalue weighted by Crippen LogP contribution is -2.46. The Labute approximate surface area is 181 Å². The minimum atomic E-state index is -4.63. The summed E-state index contributed by atoms with van der Waals surface area (Å²) in [6.45, 7) is 0.315. The highest BCUT2D eigenvalue weighted by Crippen LogP contribution is 2.36. The van der Waals surface area contributed by atoms with Crippen molar-refractivity contribution in [1.29, 1.82) is 0 Å². The van der Waals surface area contributed by atoms with Crippen LogP contribution in [0.4, 0.5) is 38.0 Å². The van der Waals surface area contributed by atoms with Gasteiger partial charge in [0.15, 0.2) is 5.82 Å². The number of nitrogens with zero attached hydrogens (tertiary/aromatic N) is 3. The molecule has 6 nitrogen and oxygen atoms in total. The van der Waals surface area contributed by atoms with Crippen molar-refractivity contribution < 1.29 is 31.1 Å². The van der Waals surface area contributed by atoms with Gasteiger partial charge in [-0.15, -0.1) is 0 Å². The van der Waals surface area contributed by atoms with Crippen LogP contribution in [0.2, 0.25) is 10.0 Å². The molecule has 1 atom stereocenters. The molecule has 1 saturated heterocycles. The maximum atomic E-state index is 12.8. The molecule has 0 saturated carbocycles. The number of carbonyl (C=O) groups excluding carboxylic acids is 1. The minimum Gasteiger partial charge on any atom is -0.343 e. The summed E-state index contributed by atoms with van der Waals surface area (Å²) in [6.07, 6.45) is -7.19. The molecule has 3 heterocycles.